The zero-order chi connectivity index (χ0) is 11.4. The topological polar surface area (TPSA) is 0 Å². The summed E-state index contributed by atoms with van der Waals surface area (Å²) in [6, 6.07) is 6.52. The second kappa shape index (κ2) is 5.37. The van der Waals surface area contributed by atoms with Gasteiger partial charge in [0.15, 0.2) is 0 Å². The zero-order valence-corrected chi connectivity index (χ0v) is 10.7. The van der Waals surface area contributed by atoms with Crippen LogP contribution in [0.1, 0.15) is 30.5 Å². The molecule has 0 aliphatic carbocycles. The van der Waals surface area contributed by atoms with Gasteiger partial charge in [0.05, 0.1) is 0 Å². The maximum Gasteiger partial charge on any atom is 0.0439 e. The van der Waals surface area contributed by atoms with E-state index in [0.29, 0.717) is 11.8 Å². The molecule has 0 bridgehead atoms. The molecule has 1 heteroatoms. The van der Waals surface area contributed by atoms with Crippen molar-refractivity contribution in [1.82, 2.24) is 0 Å². The summed E-state index contributed by atoms with van der Waals surface area (Å²) in [4.78, 5) is 0. The molecule has 0 nitrogen and oxygen atoms in total. The number of benzene rings is 1. The second-order valence-corrected chi connectivity index (χ2v) is 4.63. The predicted octanol–water partition coefficient (Wildman–Crippen LogP) is 4.58. The Bertz CT molecular complexity index is 362. The molecule has 1 aromatic rings. The van der Waals surface area contributed by atoms with Gasteiger partial charge in [-0.1, -0.05) is 49.3 Å². The Morgan fingerprint density at radius 2 is 2.00 bits per heavy atom. The van der Waals surface area contributed by atoms with Gasteiger partial charge in [0, 0.05) is 5.88 Å². The molecule has 0 aliphatic heterocycles. The molecule has 0 atom stereocenters. The van der Waals surface area contributed by atoms with Gasteiger partial charge in [-0.3, -0.25) is 0 Å². The summed E-state index contributed by atoms with van der Waals surface area (Å²) in [5.41, 5.74) is 5.20. The average Bonchev–Trinajstić information content (AvgIpc) is 2.16. The van der Waals surface area contributed by atoms with Crippen molar-refractivity contribution in [2.45, 2.75) is 27.7 Å². The van der Waals surface area contributed by atoms with E-state index in [1.165, 1.54) is 22.3 Å². The quantitative estimate of drug-likeness (QED) is 0.657. The van der Waals surface area contributed by atoms with Crippen LogP contribution in [0.4, 0.5) is 0 Å². The predicted molar refractivity (Wildman–Crippen MR) is 69.5 cm³/mol. The second-order valence-electron chi connectivity index (χ2n) is 4.37. The minimum atomic E-state index is 0.517. The monoisotopic (exact) mass is 222 g/mol. The highest BCUT2D eigenvalue weighted by Gasteiger charge is 2.03. The van der Waals surface area contributed by atoms with E-state index >= 15 is 0 Å². The molecule has 0 amide bonds. The molecule has 1 aromatic carbocycles. The van der Waals surface area contributed by atoms with Crippen molar-refractivity contribution < 1.29 is 0 Å². The van der Waals surface area contributed by atoms with Crippen LogP contribution in [-0.4, -0.2) is 5.88 Å². The fraction of sp³-hybridized carbons (Fsp3) is 0.429. The van der Waals surface area contributed by atoms with Crippen molar-refractivity contribution in [3.8, 4) is 0 Å². The molecule has 0 radical (unpaired) electrons. The van der Waals surface area contributed by atoms with Crippen LogP contribution in [0, 0.1) is 19.8 Å². The summed E-state index contributed by atoms with van der Waals surface area (Å²) in [7, 11) is 0. The largest absolute Gasteiger partial charge is 0.122 e. The molecule has 0 fully saturated rings. The minimum Gasteiger partial charge on any atom is -0.122 e. The van der Waals surface area contributed by atoms with Crippen molar-refractivity contribution in [2.75, 3.05) is 5.88 Å². The zero-order valence-electron chi connectivity index (χ0n) is 9.97. The average molecular weight is 223 g/mol. The standard InChI is InChI=1S/C14H19Cl/c1-10(2)14(9-15)8-13-6-5-11(3)7-12(13)4/h5-8,10H,9H2,1-4H3/b14-8+. The first-order valence-corrected chi connectivity index (χ1v) is 5.91. The Hall–Kier alpha value is -0.750. The third-order valence-corrected chi connectivity index (χ3v) is 2.97. The van der Waals surface area contributed by atoms with E-state index in [1.54, 1.807) is 0 Å². The molecule has 15 heavy (non-hydrogen) atoms. The van der Waals surface area contributed by atoms with Crippen LogP contribution in [0.25, 0.3) is 6.08 Å². The molecule has 0 aliphatic rings. The number of hydrogen-bond acceptors (Lipinski definition) is 0. The normalized spacial score (nSPS) is 12.3. The first-order valence-electron chi connectivity index (χ1n) is 5.38. The number of rotatable bonds is 3. The summed E-state index contributed by atoms with van der Waals surface area (Å²) < 4.78 is 0. The minimum absolute atomic E-state index is 0.517. The van der Waals surface area contributed by atoms with Crippen molar-refractivity contribution in [1.29, 1.82) is 0 Å². The van der Waals surface area contributed by atoms with Crippen molar-refractivity contribution in [3.05, 3.63) is 40.5 Å². The highest BCUT2D eigenvalue weighted by atomic mass is 35.5. The lowest BCUT2D eigenvalue weighted by atomic mass is 9.99. The third kappa shape index (κ3) is 3.39. The lowest BCUT2D eigenvalue weighted by Gasteiger charge is -2.09. The van der Waals surface area contributed by atoms with Gasteiger partial charge in [0.25, 0.3) is 0 Å². The van der Waals surface area contributed by atoms with Gasteiger partial charge < -0.3 is 0 Å². The van der Waals surface area contributed by atoms with Gasteiger partial charge in [0.2, 0.25) is 0 Å². The van der Waals surface area contributed by atoms with Gasteiger partial charge in [-0.05, 0) is 30.9 Å². The Balaban J connectivity index is 3.06. The van der Waals surface area contributed by atoms with Crippen LogP contribution in [0.2, 0.25) is 0 Å². The van der Waals surface area contributed by atoms with E-state index in [0.717, 1.165) is 0 Å². The van der Waals surface area contributed by atoms with Crippen LogP contribution in [0.3, 0.4) is 0 Å². The molecule has 0 N–H and O–H groups in total. The highest BCUT2D eigenvalue weighted by molar-refractivity contribution is 6.19. The fourth-order valence-corrected chi connectivity index (χ4v) is 1.93. The Morgan fingerprint density at radius 3 is 2.47 bits per heavy atom. The molecule has 0 saturated heterocycles. The van der Waals surface area contributed by atoms with Gasteiger partial charge in [0.1, 0.15) is 0 Å². The lowest BCUT2D eigenvalue weighted by Crippen LogP contribution is -1.96. The van der Waals surface area contributed by atoms with Crippen molar-refractivity contribution >= 4 is 17.7 Å². The van der Waals surface area contributed by atoms with Crippen LogP contribution < -0.4 is 0 Å². The number of halogens is 1. The van der Waals surface area contributed by atoms with Gasteiger partial charge >= 0.3 is 0 Å². The molecule has 0 heterocycles. The molecule has 1 rings (SSSR count). The van der Waals surface area contributed by atoms with E-state index in [2.05, 4.69) is 52.0 Å². The summed E-state index contributed by atoms with van der Waals surface area (Å²) in [5, 5.41) is 0. The Labute approximate surface area is 98.0 Å². The number of aryl methyl sites for hydroxylation is 2. The van der Waals surface area contributed by atoms with E-state index in [1.807, 2.05) is 0 Å². The molecule has 0 saturated carbocycles. The first-order chi connectivity index (χ1) is 7.04. The maximum absolute atomic E-state index is 5.93. The van der Waals surface area contributed by atoms with Gasteiger partial charge in [-0.2, -0.15) is 0 Å². The first kappa shape index (κ1) is 12.3. The number of allylic oxidation sites excluding steroid dienone is 1. The number of hydrogen-bond donors (Lipinski definition) is 0. The van der Waals surface area contributed by atoms with Crippen LogP contribution in [0.5, 0.6) is 0 Å². The van der Waals surface area contributed by atoms with Gasteiger partial charge in [-0.25, -0.2) is 0 Å². The van der Waals surface area contributed by atoms with E-state index in [-0.39, 0.29) is 0 Å². The third-order valence-electron chi connectivity index (χ3n) is 2.66. The molecular weight excluding hydrogens is 204 g/mol. The van der Waals surface area contributed by atoms with Gasteiger partial charge in [-0.15, -0.1) is 11.6 Å². The Kier molecular flexibility index (Phi) is 4.41. The summed E-state index contributed by atoms with van der Waals surface area (Å²) in [5.74, 6) is 1.13. The van der Waals surface area contributed by atoms with Crippen molar-refractivity contribution in [3.63, 3.8) is 0 Å². The molecule has 0 aromatic heterocycles. The smallest absolute Gasteiger partial charge is 0.0439 e. The SMILES string of the molecule is Cc1ccc(/C=C(\CCl)C(C)C)c(C)c1. The molecule has 0 spiro atoms. The summed E-state index contributed by atoms with van der Waals surface area (Å²) >= 11 is 5.93. The fourth-order valence-electron chi connectivity index (χ4n) is 1.55. The summed E-state index contributed by atoms with van der Waals surface area (Å²) in [6.07, 6.45) is 2.21. The van der Waals surface area contributed by atoms with Crippen LogP contribution in [0.15, 0.2) is 23.8 Å². The van der Waals surface area contributed by atoms with Crippen LogP contribution >= 0.6 is 11.6 Å². The molecule has 82 valence electrons. The summed E-state index contributed by atoms with van der Waals surface area (Å²) in [6.45, 7) is 8.62. The van der Waals surface area contributed by atoms with E-state index in [9.17, 15) is 0 Å². The highest BCUT2D eigenvalue weighted by Crippen LogP contribution is 2.19. The van der Waals surface area contributed by atoms with E-state index in [4.69, 9.17) is 11.6 Å². The van der Waals surface area contributed by atoms with E-state index < -0.39 is 0 Å². The lowest BCUT2D eigenvalue weighted by molar-refractivity contribution is 0.778. The van der Waals surface area contributed by atoms with Crippen molar-refractivity contribution in [2.24, 2.45) is 5.92 Å². The number of alkyl halides is 1. The molecule has 0 unspecified atom stereocenters. The maximum atomic E-state index is 5.93. The Morgan fingerprint density at radius 1 is 1.33 bits per heavy atom. The van der Waals surface area contributed by atoms with Crippen LogP contribution in [-0.2, 0) is 0 Å². The molecular formula is C14H19Cl.